The molecule has 3 rings (SSSR count). The molecule has 0 aliphatic carbocycles. The van der Waals surface area contributed by atoms with Crippen LogP contribution in [-0.4, -0.2) is 33.3 Å². The molecule has 0 saturated carbocycles. The Balaban J connectivity index is 1.95. The first-order valence-corrected chi connectivity index (χ1v) is 13.4. The van der Waals surface area contributed by atoms with E-state index in [1.54, 1.807) is 20.8 Å². The number of hydrogen-bond donors (Lipinski definition) is 2. The molecule has 7 nitrogen and oxygen atoms in total. The van der Waals surface area contributed by atoms with Gasteiger partial charge in [0.25, 0.3) is 5.91 Å². The summed E-state index contributed by atoms with van der Waals surface area (Å²) in [6, 6.07) is 13.5. The number of hydrogen-bond acceptors (Lipinski definition) is 5. The van der Waals surface area contributed by atoms with Crippen molar-refractivity contribution in [1.82, 2.24) is 4.72 Å². The molecule has 11 heteroatoms. The van der Waals surface area contributed by atoms with Gasteiger partial charge < -0.3 is 14.8 Å². The zero-order chi connectivity index (χ0) is 29.0. The molecular formula is C28H29F3N2O5S. The largest absolute Gasteiger partial charge is 0.495 e. The van der Waals surface area contributed by atoms with Crippen LogP contribution < -0.4 is 14.8 Å². The molecule has 3 aromatic carbocycles. The number of carbonyl (C=O) groups is 2. The summed E-state index contributed by atoms with van der Waals surface area (Å²) in [6.07, 6.45) is -3.67. The Morgan fingerprint density at radius 2 is 1.67 bits per heavy atom. The van der Waals surface area contributed by atoms with Gasteiger partial charge in [0.05, 0.1) is 12.7 Å². The molecule has 0 atom stereocenters. The first-order chi connectivity index (χ1) is 18.2. The first kappa shape index (κ1) is 29.9. The van der Waals surface area contributed by atoms with Crippen molar-refractivity contribution < 1.29 is 35.9 Å². The Labute approximate surface area is 225 Å². The molecule has 0 bridgehead atoms. The summed E-state index contributed by atoms with van der Waals surface area (Å²) >= 11 is 0. The van der Waals surface area contributed by atoms with Crippen LogP contribution >= 0.6 is 0 Å². The van der Waals surface area contributed by atoms with E-state index >= 15 is 0 Å². The number of sulfonamides is 1. The van der Waals surface area contributed by atoms with E-state index < -0.39 is 33.2 Å². The Morgan fingerprint density at radius 3 is 2.28 bits per heavy atom. The topological polar surface area (TPSA) is 102 Å². The maximum absolute atomic E-state index is 13.6. The van der Waals surface area contributed by atoms with Crippen LogP contribution in [0.15, 0.2) is 65.6 Å². The normalized spacial score (nSPS) is 12.2. The highest BCUT2D eigenvalue weighted by Crippen LogP contribution is 2.39. The van der Waals surface area contributed by atoms with E-state index in [-0.39, 0.29) is 34.6 Å². The van der Waals surface area contributed by atoms with Crippen LogP contribution in [0.1, 0.15) is 48.7 Å². The van der Waals surface area contributed by atoms with Crippen molar-refractivity contribution in [2.24, 2.45) is 0 Å². The van der Waals surface area contributed by atoms with Crippen molar-refractivity contribution in [3.63, 3.8) is 0 Å². The number of carbonyl (C=O) groups excluding carboxylic acids is 2. The maximum Gasteiger partial charge on any atom is 0.417 e. The zero-order valence-electron chi connectivity index (χ0n) is 21.8. The number of benzene rings is 3. The summed E-state index contributed by atoms with van der Waals surface area (Å²) in [5, 5.41) is 2.68. The van der Waals surface area contributed by atoms with Gasteiger partial charge in [0.15, 0.2) is 0 Å². The number of aldehydes is 1. The molecule has 3 aromatic rings. The highest BCUT2D eigenvalue weighted by molar-refractivity contribution is 7.89. The van der Waals surface area contributed by atoms with E-state index in [2.05, 4.69) is 10.0 Å². The second-order valence-electron chi connectivity index (χ2n) is 9.80. The quantitative estimate of drug-likeness (QED) is 0.319. The summed E-state index contributed by atoms with van der Waals surface area (Å²) in [5.74, 6) is -0.629. The fraction of sp³-hybridized carbons (Fsp3) is 0.286. The Bertz CT molecular complexity index is 1480. The van der Waals surface area contributed by atoms with Crippen LogP contribution in [-0.2, 0) is 27.4 Å². The van der Waals surface area contributed by atoms with E-state index in [0.29, 0.717) is 23.1 Å². The minimum atomic E-state index is -4.58. The van der Waals surface area contributed by atoms with Gasteiger partial charge in [0.2, 0.25) is 10.0 Å². The van der Waals surface area contributed by atoms with Gasteiger partial charge >= 0.3 is 6.18 Å². The van der Waals surface area contributed by atoms with Crippen molar-refractivity contribution in [1.29, 1.82) is 0 Å². The van der Waals surface area contributed by atoms with Crippen molar-refractivity contribution in [2.45, 2.75) is 50.2 Å². The van der Waals surface area contributed by atoms with Gasteiger partial charge in [-0.2, -0.15) is 13.2 Å². The standard InChI is InChI=1S/C28H29F3N2O5S/c1-27(2,3)33-39(36,37)25-14-11-19(17-24(25)38-4)26(35)32-20-12-13-21(18(16-20)8-7-15-34)22-9-5-6-10-23(22)28(29,30)31/h5-6,9-17,33H,7-8H2,1-4H3,(H,32,35). The number of amides is 1. The lowest BCUT2D eigenvalue weighted by atomic mass is 9.92. The third kappa shape index (κ3) is 7.45. The summed E-state index contributed by atoms with van der Waals surface area (Å²) in [7, 11) is -2.66. The van der Waals surface area contributed by atoms with Gasteiger partial charge in [0.1, 0.15) is 16.9 Å². The molecule has 0 unspecified atom stereocenters. The third-order valence-electron chi connectivity index (χ3n) is 5.57. The van der Waals surface area contributed by atoms with Gasteiger partial charge in [-0.25, -0.2) is 13.1 Å². The second-order valence-corrected chi connectivity index (χ2v) is 11.4. The number of halogens is 3. The SMILES string of the molecule is COc1cc(C(=O)Nc2ccc(-c3ccccc3C(F)(F)F)c(CCC=O)c2)ccc1S(=O)(=O)NC(C)(C)C. The minimum absolute atomic E-state index is 0.0332. The summed E-state index contributed by atoms with van der Waals surface area (Å²) < 4.78 is 74.2. The van der Waals surface area contributed by atoms with Crippen molar-refractivity contribution >= 4 is 27.9 Å². The van der Waals surface area contributed by atoms with Crippen molar-refractivity contribution in [3.05, 3.63) is 77.4 Å². The summed E-state index contributed by atoms with van der Waals surface area (Å²) in [4.78, 5) is 23.9. The molecule has 0 heterocycles. The van der Waals surface area contributed by atoms with E-state index in [0.717, 1.165) is 6.07 Å². The van der Waals surface area contributed by atoms with Gasteiger partial charge in [-0.05, 0) is 80.3 Å². The number of anilines is 1. The van der Waals surface area contributed by atoms with Gasteiger partial charge in [-0.1, -0.05) is 24.3 Å². The minimum Gasteiger partial charge on any atom is -0.495 e. The Morgan fingerprint density at radius 1 is 0.974 bits per heavy atom. The Kier molecular flexibility index (Phi) is 8.87. The monoisotopic (exact) mass is 562 g/mol. The first-order valence-electron chi connectivity index (χ1n) is 11.9. The van der Waals surface area contributed by atoms with Crippen LogP contribution in [0.4, 0.5) is 18.9 Å². The molecular weight excluding hydrogens is 533 g/mol. The zero-order valence-corrected chi connectivity index (χ0v) is 22.7. The number of alkyl halides is 3. The molecule has 0 aliphatic rings. The average molecular weight is 563 g/mol. The fourth-order valence-corrected chi connectivity index (χ4v) is 5.58. The molecule has 0 radical (unpaired) electrons. The highest BCUT2D eigenvalue weighted by Gasteiger charge is 2.33. The lowest BCUT2D eigenvalue weighted by Crippen LogP contribution is -2.40. The van der Waals surface area contributed by atoms with Crippen molar-refractivity contribution in [3.8, 4) is 16.9 Å². The molecule has 0 aromatic heterocycles. The predicted molar refractivity (Wildman–Crippen MR) is 142 cm³/mol. The van der Waals surface area contributed by atoms with Crippen LogP contribution in [0.3, 0.4) is 0 Å². The van der Waals surface area contributed by atoms with E-state index in [4.69, 9.17) is 4.74 Å². The number of methoxy groups -OCH3 is 1. The number of nitrogens with one attached hydrogen (secondary N) is 2. The van der Waals surface area contributed by atoms with Gasteiger partial charge in [-0.3, -0.25) is 4.79 Å². The lowest BCUT2D eigenvalue weighted by molar-refractivity contribution is -0.137. The smallest absolute Gasteiger partial charge is 0.417 e. The summed E-state index contributed by atoms with van der Waals surface area (Å²) in [5.41, 5.74) is -0.448. The van der Waals surface area contributed by atoms with Crippen LogP contribution in [0.5, 0.6) is 5.75 Å². The van der Waals surface area contributed by atoms with E-state index in [9.17, 15) is 31.2 Å². The molecule has 2 N–H and O–H groups in total. The van der Waals surface area contributed by atoms with Crippen molar-refractivity contribution in [2.75, 3.05) is 12.4 Å². The van der Waals surface area contributed by atoms with Gasteiger partial charge in [-0.15, -0.1) is 0 Å². The molecule has 1 amide bonds. The van der Waals surface area contributed by atoms with E-state index in [1.165, 1.54) is 61.7 Å². The van der Waals surface area contributed by atoms with Gasteiger partial charge in [0, 0.05) is 23.2 Å². The molecule has 39 heavy (non-hydrogen) atoms. The average Bonchev–Trinajstić information content (AvgIpc) is 2.85. The van der Waals surface area contributed by atoms with E-state index in [1.807, 2.05) is 0 Å². The third-order valence-corrected chi connectivity index (χ3v) is 7.37. The fourth-order valence-electron chi connectivity index (χ4n) is 4.01. The van der Waals surface area contributed by atoms with Crippen LogP contribution in [0, 0.1) is 0 Å². The molecule has 0 spiro atoms. The van der Waals surface area contributed by atoms with Crippen LogP contribution in [0.2, 0.25) is 0 Å². The van der Waals surface area contributed by atoms with Crippen LogP contribution in [0.25, 0.3) is 11.1 Å². The Hall–Kier alpha value is -3.70. The highest BCUT2D eigenvalue weighted by atomic mass is 32.2. The molecule has 0 aliphatic heterocycles. The second kappa shape index (κ2) is 11.6. The molecule has 0 saturated heterocycles. The molecule has 208 valence electrons. The number of aryl methyl sites for hydroxylation is 1. The lowest BCUT2D eigenvalue weighted by Gasteiger charge is -2.21. The summed E-state index contributed by atoms with van der Waals surface area (Å²) in [6.45, 7) is 5.07. The number of rotatable bonds is 9. The predicted octanol–water partition coefficient (Wildman–Crippen LogP) is 5.84. The number of ether oxygens (including phenoxy) is 1. The molecule has 0 fully saturated rings. The maximum atomic E-state index is 13.6.